The molecule has 1 aliphatic carbocycles. The molecule has 0 unspecified atom stereocenters. The molecule has 3 aromatic carbocycles. The third-order valence-corrected chi connectivity index (χ3v) is 8.85. The highest BCUT2D eigenvalue weighted by Gasteiger charge is 2.28. The van der Waals surface area contributed by atoms with E-state index in [1.165, 1.54) is 12.1 Å². The van der Waals surface area contributed by atoms with Crippen LogP contribution in [0.15, 0.2) is 71.1 Å². The van der Waals surface area contributed by atoms with Gasteiger partial charge in [-0.1, -0.05) is 48.0 Å². The predicted molar refractivity (Wildman–Crippen MR) is 159 cm³/mol. The van der Waals surface area contributed by atoms with E-state index in [4.69, 9.17) is 16.3 Å². The first kappa shape index (κ1) is 30.7. The number of sulfonamides is 1. The van der Waals surface area contributed by atoms with Crippen LogP contribution in [0.3, 0.4) is 0 Å². The number of aryl methyl sites for hydroxylation is 2. The van der Waals surface area contributed by atoms with Gasteiger partial charge in [-0.25, -0.2) is 13.1 Å². The van der Waals surface area contributed by atoms with Gasteiger partial charge in [0.05, 0.1) is 11.5 Å². The lowest BCUT2D eigenvalue weighted by Crippen LogP contribution is -2.35. The Morgan fingerprint density at radius 3 is 2.43 bits per heavy atom. The van der Waals surface area contributed by atoms with E-state index in [1.54, 1.807) is 0 Å². The van der Waals surface area contributed by atoms with E-state index < -0.39 is 31.4 Å². The highest BCUT2D eigenvalue weighted by atomic mass is 35.5. The van der Waals surface area contributed by atoms with Crippen LogP contribution in [0.4, 0.5) is 5.69 Å². The van der Waals surface area contributed by atoms with Gasteiger partial charge in [0.1, 0.15) is 5.75 Å². The third kappa shape index (κ3) is 7.15. The maximum Gasteiger partial charge on any atom is 0.289 e. The first-order valence-corrected chi connectivity index (χ1v) is 15.1. The van der Waals surface area contributed by atoms with E-state index >= 15 is 0 Å². The molecule has 10 nitrogen and oxygen atoms in total. The molecule has 0 saturated carbocycles. The molecule has 0 spiro atoms. The van der Waals surface area contributed by atoms with Gasteiger partial charge >= 0.3 is 0 Å². The maximum atomic E-state index is 13.2. The lowest BCUT2D eigenvalue weighted by atomic mass is 10.0. The normalized spacial score (nSPS) is 12.5. The van der Waals surface area contributed by atoms with Crippen LogP contribution in [0.1, 0.15) is 41.5 Å². The van der Waals surface area contributed by atoms with Crippen molar-refractivity contribution in [3.8, 4) is 5.75 Å². The number of nitro groups is 1. The van der Waals surface area contributed by atoms with Crippen molar-refractivity contribution in [3.63, 3.8) is 0 Å². The van der Waals surface area contributed by atoms with Gasteiger partial charge in [-0.05, 0) is 72.7 Å². The van der Waals surface area contributed by atoms with Gasteiger partial charge in [-0.2, -0.15) is 0 Å². The number of carbonyl (C=O) groups excluding carboxylic acids is 2. The number of benzene rings is 3. The standard InChI is InChI=1S/C30H30ClN3O7S/c1-19-16-22(17-20(2)29(19)31)41-15-7-10-24-23-9-4-3-8-21(23)18-25(24)30(36)32-14-13-28(35)33-42(39,40)27-12-6-5-11-26(27)34(37)38/h3-6,8-9,11-12,16-17H,7,10,13-15,18H2,1-2H3,(H,32,36)(H,33,35). The number of halogens is 1. The van der Waals surface area contributed by atoms with Gasteiger partial charge in [-0.15, -0.1) is 0 Å². The second kappa shape index (κ2) is 13.2. The number of amides is 2. The van der Waals surface area contributed by atoms with Gasteiger partial charge in [0.25, 0.3) is 15.7 Å². The zero-order valence-electron chi connectivity index (χ0n) is 23.1. The van der Waals surface area contributed by atoms with Gasteiger partial charge < -0.3 is 10.1 Å². The smallest absolute Gasteiger partial charge is 0.289 e. The highest BCUT2D eigenvalue weighted by molar-refractivity contribution is 7.90. The van der Waals surface area contributed by atoms with Gasteiger partial charge in [-0.3, -0.25) is 19.7 Å². The summed E-state index contributed by atoms with van der Waals surface area (Å²) in [7, 11) is -4.47. The van der Waals surface area contributed by atoms with Crippen molar-refractivity contribution < 1.29 is 27.7 Å². The number of carbonyl (C=O) groups is 2. The molecule has 0 heterocycles. The monoisotopic (exact) mass is 611 g/mol. The van der Waals surface area contributed by atoms with Crippen molar-refractivity contribution in [3.05, 3.63) is 104 Å². The Labute approximate surface area is 248 Å². The van der Waals surface area contributed by atoms with E-state index in [1.807, 2.05) is 55.0 Å². The number of fused-ring (bicyclic) bond motifs is 1. The lowest BCUT2D eigenvalue weighted by molar-refractivity contribution is -0.387. The second-order valence-corrected chi connectivity index (χ2v) is 11.9. The summed E-state index contributed by atoms with van der Waals surface area (Å²) >= 11 is 6.24. The fourth-order valence-corrected chi connectivity index (χ4v) is 6.14. The minimum absolute atomic E-state index is 0.122. The molecule has 0 saturated heterocycles. The predicted octanol–water partition coefficient (Wildman–Crippen LogP) is 5.05. The van der Waals surface area contributed by atoms with Crippen LogP contribution < -0.4 is 14.8 Å². The first-order chi connectivity index (χ1) is 20.0. The molecule has 2 amide bonds. The molecule has 220 valence electrons. The number of hydrogen-bond donors (Lipinski definition) is 2. The topological polar surface area (TPSA) is 145 Å². The van der Waals surface area contributed by atoms with Crippen LogP contribution in [0.5, 0.6) is 5.75 Å². The Balaban J connectivity index is 1.36. The molecule has 0 aliphatic heterocycles. The average Bonchev–Trinajstić information content (AvgIpc) is 3.32. The Morgan fingerprint density at radius 1 is 1.05 bits per heavy atom. The van der Waals surface area contributed by atoms with Gasteiger partial charge in [0, 0.05) is 36.0 Å². The highest BCUT2D eigenvalue weighted by Crippen LogP contribution is 2.36. The summed E-state index contributed by atoms with van der Waals surface area (Å²) in [5.74, 6) is -0.516. The number of rotatable bonds is 12. The Morgan fingerprint density at radius 2 is 1.71 bits per heavy atom. The minimum atomic E-state index is -4.47. The number of ether oxygens (including phenoxy) is 1. The Hall–Kier alpha value is -4.22. The van der Waals surface area contributed by atoms with Gasteiger partial charge in [0.15, 0.2) is 4.90 Å². The number of nitro benzene ring substituents is 1. The van der Waals surface area contributed by atoms with E-state index in [-0.39, 0.29) is 18.9 Å². The molecule has 42 heavy (non-hydrogen) atoms. The summed E-state index contributed by atoms with van der Waals surface area (Å²) in [5, 5.41) is 14.6. The second-order valence-electron chi connectivity index (χ2n) is 9.87. The fourth-order valence-electron chi connectivity index (χ4n) is 4.85. The Kier molecular flexibility index (Phi) is 9.64. The fraction of sp³-hybridized carbons (Fsp3) is 0.267. The molecule has 0 atom stereocenters. The number of para-hydroxylation sites is 1. The van der Waals surface area contributed by atoms with Crippen molar-refractivity contribution in [1.29, 1.82) is 0 Å². The summed E-state index contributed by atoms with van der Waals surface area (Å²) in [6, 6.07) is 16.3. The Bertz CT molecular complexity index is 1660. The third-order valence-electron chi connectivity index (χ3n) is 6.84. The number of allylic oxidation sites excluding steroid dienone is 1. The van der Waals surface area contributed by atoms with Crippen LogP contribution in [0.25, 0.3) is 5.57 Å². The zero-order valence-corrected chi connectivity index (χ0v) is 24.7. The molecule has 0 fully saturated rings. The van der Waals surface area contributed by atoms with E-state index in [2.05, 4.69) is 5.32 Å². The van der Waals surface area contributed by atoms with Crippen molar-refractivity contribution in [1.82, 2.24) is 10.0 Å². The number of nitrogens with one attached hydrogen (secondary N) is 2. The quantitative estimate of drug-likeness (QED) is 0.166. The molecule has 3 aromatic rings. The molecule has 0 bridgehead atoms. The van der Waals surface area contributed by atoms with Crippen LogP contribution in [0, 0.1) is 24.0 Å². The van der Waals surface area contributed by atoms with Crippen molar-refractivity contribution >= 4 is 44.7 Å². The van der Waals surface area contributed by atoms with Crippen LogP contribution in [-0.2, 0) is 26.0 Å². The number of nitrogens with zero attached hydrogens (tertiary/aromatic N) is 1. The number of hydrogen-bond acceptors (Lipinski definition) is 7. The molecular weight excluding hydrogens is 582 g/mol. The zero-order chi connectivity index (χ0) is 30.4. The summed E-state index contributed by atoms with van der Waals surface area (Å²) < 4.78 is 32.9. The van der Waals surface area contributed by atoms with E-state index in [9.17, 15) is 28.1 Å². The van der Waals surface area contributed by atoms with Crippen molar-refractivity contribution in [2.24, 2.45) is 0 Å². The average molecular weight is 612 g/mol. The molecule has 0 aromatic heterocycles. The summed E-state index contributed by atoms with van der Waals surface area (Å²) in [6.45, 7) is 4.16. The maximum absolute atomic E-state index is 13.2. The van der Waals surface area contributed by atoms with E-state index in [0.29, 0.717) is 36.5 Å². The van der Waals surface area contributed by atoms with Gasteiger partial charge in [0.2, 0.25) is 11.8 Å². The van der Waals surface area contributed by atoms with Crippen LogP contribution in [-0.4, -0.2) is 38.3 Å². The molecule has 1 aliphatic rings. The largest absolute Gasteiger partial charge is 0.494 e. The van der Waals surface area contributed by atoms with E-state index in [0.717, 1.165) is 45.7 Å². The van der Waals surface area contributed by atoms with Crippen LogP contribution >= 0.6 is 11.6 Å². The summed E-state index contributed by atoms with van der Waals surface area (Å²) in [6.07, 6.45) is 1.36. The molecule has 12 heteroatoms. The minimum Gasteiger partial charge on any atom is -0.494 e. The van der Waals surface area contributed by atoms with Crippen molar-refractivity contribution in [2.75, 3.05) is 13.2 Å². The summed E-state index contributed by atoms with van der Waals surface area (Å²) in [4.78, 5) is 35.3. The molecular formula is C30H30ClN3O7S. The van der Waals surface area contributed by atoms with Crippen LogP contribution in [0.2, 0.25) is 5.02 Å². The molecule has 4 rings (SSSR count). The first-order valence-electron chi connectivity index (χ1n) is 13.2. The SMILES string of the molecule is Cc1cc(OCCCC2=C(C(=O)NCCC(=O)NS(=O)(=O)c3ccccc3[N+](=O)[O-])Cc3ccccc32)cc(C)c1Cl. The van der Waals surface area contributed by atoms with Crippen molar-refractivity contribution in [2.45, 2.75) is 44.4 Å². The lowest BCUT2D eigenvalue weighted by Gasteiger charge is -2.12. The molecule has 0 radical (unpaired) electrons. The molecule has 2 N–H and O–H groups in total. The summed E-state index contributed by atoms with van der Waals surface area (Å²) in [5.41, 5.74) is 4.73.